The van der Waals surface area contributed by atoms with E-state index in [0.29, 0.717) is 5.56 Å². The number of aromatic nitrogens is 2. The summed E-state index contributed by atoms with van der Waals surface area (Å²) < 4.78 is 27.4. The highest BCUT2D eigenvalue weighted by atomic mass is 32.2. The smallest absolute Gasteiger partial charge is 0.240 e. The van der Waals surface area contributed by atoms with Crippen LogP contribution in [-0.4, -0.2) is 24.2 Å². The van der Waals surface area contributed by atoms with E-state index < -0.39 is 10.0 Å². The van der Waals surface area contributed by atoms with Crippen LogP contribution in [0.3, 0.4) is 0 Å². The number of nitrogens with zero attached hydrogens (tertiary/aromatic N) is 2. The first-order valence-corrected chi connectivity index (χ1v) is 9.40. The van der Waals surface area contributed by atoms with Crippen molar-refractivity contribution < 1.29 is 13.2 Å². The Morgan fingerprint density at radius 3 is 2.58 bits per heavy atom. The summed E-state index contributed by atoms with van der Waals surface area (Å²) in [6.07, 6.45) is 5.03. The van der Waals surface area contributed by atoms with E-state index in [0.717, 1.165) is 16.8 Å². The van der Waals surface area contributed by atoms with Crippen LogP contribution in [0.2, 0.25) is 0 Å². The van der Waals surface area contributed by atoms with Crippen molar-refractivity contribution in [3.05, 3.63) is 78.2 Å². The molecular weight excluding hydrogens is 350 g/mol. The summed E-state index contributed by atoms with van der Waals surface area (Å²) in [4.78, 5) is 19.9. The number of nitrogens with one attached hydrogen (secondary N) is 1. The number of hydrogen-bond acceptors (Lipinski definition) is 5. The monoisotopic (exact) mass is 367 g/mol. The molecule has 3 rings (SSSR count). The number of rotatable bonds is 6. The lowest BCUT2D eigenvalue weighted by atomic mass is 10.1. The lowest BCUT2D eigenvalue weighted by Gasteiger charge is -2.08. The average molecular weight is 367 g/mol. The van der Waals surface area contributed by atoms with Crippen molar-refractivity contribution in [2.75, 3.05) is 0 Å². The van der Waals surface area contributed by atoms with Crippen molar-refractivity contribution in [1.82, 2.24) is 14.7 Å². The van der Waals surface area contributed by atoms with Crippen molar-refractivity contribution in [3.8, 4) is 11.3 Å². The maximum atomic E-state index is 12.4. The molecular formula is C19H17N3O3S. The Kier molecular flexibility index (Phi) is 5.20. The largest absolute Gasteiger partial charge is 0.295 e. The molecule has 0 bridgehead atoms. The fraction of sp³-hybridized carbons (Fsp3) is 0.105. The van der Waals surface area contributed by atoms with Gasteiger partial charge in [-0.25, -0.2) is 13.1 Å². The van der Waals surface area contributed by atoms with Crippen LogP contribution in [-0.2, 0) is 16.6 Å². The number of benzene rings is 1. The average Bonchev–Trinajstić information content (AvgIpc) is 2.68. The van der Waals surface area contributed by atoms with E-state index in [-0.39, 0.29) is 17.2 Å². The molecule has 2 heterocycles. The number of hydrogen-bond donors (Lipinski definition) is 1. The highest BCUT2D eigenvalue weighted by molar-refractivity contribution is 7.89. The Morgan fingerprint density at radius 2 is 1.92 bits per heavy atom. The number of ketones is 1. The second-order valence-corrected chi connectivity index (χ2v) is 7.47. The standard InChI is InChI=1S/C19H17N3O3S/c1-14(23)16-4-2-6-18(10-16)26(24,25)22-12-15-7-8-19(21-11-15)17-5-3-9-20-13-17/h2-11,13,22H,12H2,1H3. The van der Waals surface area contributed by atoms with Gasteiger partial charge in [-0.3, -0.25) is 14.8 Å². The molecule has 1 N–H and O–H groups in total. The lowest BCUT2D eigenvalue weighted by Crippen LogP contribution is -2.23. The minimum absolute atomic E-state index is 0.0603. The van der Waals surface area contributed by atoms with Crippen molar-refractivity contribution in [1.29, 1.82) is 0 Å². The summed E-state index contributed by atoms with van der Waals surface area (Å²) in [7, 11) is -3.72. The number of sulfonamides is 1. The Hall–Kier alpha value is -2.90. The second-order valence-electron chi connectivity index (χ2n) is 5.70. The molecule has 0 spiro atoms. The Labute approximate surface area is 152 Å². The zero-order valence-corrected chi connectivity index (χ0v) is 14.9. The summed E-state index contributed by atoms with van der Waals surface area (Å²) in [5.74, 6) is -0.183. The predicted molar refractivity (Wildman–Crippen MR) is 97.9 cm³/mol. The minimum atomic E-state index is -3.72. The van der Waals surface area contributed by atoms with Gasteiger partial charge in [-0.05, 0) is 42.8 Å². The second kappa shape index (κ2) is 7.55. The van der Waals surface area contributed by atoms with Gasteiger partial charge in [0.1, 0.15) is 0 Å². The summed E-state index contributed by atoms with van der Waals surface area (Å²) >= 11 is 0. The molecule has 132 valence electrons. The lowest BCUT2D eigenvalue weighted by molar-refractivity contribution is 0.101. The number of pyridine rings is 2. The first-order chi connectivity index (χ1) is 12.5. The van der Waals surface area contributed by atoms with Gasteiger partial charge in [0.2, 0.25) is 10.0 Å². The van der Waals surface area contributed by atoms with Crippen LogP contribution in [0.25, 0.3) is 11.3 Å². The van der Waals surface area contributed by atoms with Crippen LogP contribution in [0.5, 0.6) is 0 Å². The number of carbonyl (C=O) groups is 1. The SMILES string of the molecule is CC(=O)c1cccc(S(=O)(=O)NCc2ccc(-c3cccnc3)nc2)c1. The van der Waals surface area contributed by atoms with Gasteiger partial charge in [-0.2, -0.15) is 0 Å². The van der Waals surface area contributed by atoms with Crippen molar-refractivity contribution >= 4 is 15.8 Å². The maximum absolute atomic E-state index is 12.4. The molecule has 0 saturated heterocycles. The van der Waals surface area contributed by atoms with Crippen molar-refractivity contribution in [2.45, 2.75) is 18.4 Å². The van der Waals surface area contributed by atoms with E-state index in [1.807, 2.05) is 24.3 Å². The van der Waals surface area contributed by atoms with Gasteiger partial charge in [0.05, 0.1) is 10.6 Å². The topological polar surface area (TPSA) is 89.0 Å². The van der Waals surface area contributed by atoms with Gasteiger partial charge in [0.15, 0.2) is 5.78 Å². The summed E-state index contributed by atoms with van der Waals surface area (Å²) in [6.45, 7) is 1.50. The maximum Gasteiger partial charge on any atom is 0.240 e. The summed E-state index contributed by atoms with van der Waals surface area (Å²) in [5.41, 5.74) is 2.74. The molecule has 0 saturated carbocycles. The van der Waals surface area contributed by atoms with Crippen molar-refractivity contribution in [2.24, 2.45) is 0 Å². The van der Waals surface area contributed by atoms with Crippen LogP contribution < -0.4 is 4.72 Å². The van der Waals surface area contributed by atoms with Crippen LogP contribution in [0.4, 0.5) is 0 Å². The molecule has 0 aliphatic carbocycles. The third-order valence-corrected chi connectivity index (χ3v) is 5.20. The van der Waals surface area contributed by atoms with Crippen LogP contribution in [0.1, 0.15) is 22.8 Å². The quantitative estimate of drug-likeness (QED) is 0.677. The Bertz CT molecular complexity index is 1020. The molecule has 3 aromatic rings. The van der Waals surface area contributed by atoms with E-state index in [4.69, 9.17) is 0 Å². The normalized spacial score (nSPS) is 11.3. The van der Waals surface area contributed by atoms with Crippen LogP contribution in [0.15, 0.2) is 72.0 Å². The van der Waals surface area contributed by atoms with E-state index in [1.54, 1.807) is 30.7 Å². The molecule has 7 heteroatoms. The molecule has 0 amide bonds. The summed E-state index contributed by atoms with van der Waals surface area (Å²) in [6, 6.07) is 13.3. The van der Waals surface area contributed by atoms with E-state index in [9.17, 15) is 13.2 Å². The Balaban J connectivity index is 1.72. The molecule has 0 aliphatic rings. The third-order valence-electron chi connectivity index (χ3n) is 3.80. The molecule has 0 unspecified atom stereocenters. The van der Waals surface area contributed by atoms with Gasteiger partial charge >= 0.3 is 0 Å². The van der Waals surface area contributed by atoms with E-state index >= 15 is 0 Å². The third kappa shape index (κ3) is 4.19. The summed E-state index contributed by atoms with van der Waals surface area (Å²) in [5, 5.41) is 0. The molecule has 0 aliphatic heterocycles. The van der Waals surface area contributed by atoms with Crippen LogP contribution in [0, 0.1) is 0 Å². The van der Waals surface area contributed by atoms with Gasteiger partial charge in [0, 0.05) is 36.3 Å². The van der Waals surface area contributed by atoms with Gasteiger partial charge in [-0.15, -0.1) is 0 Å². The van der Waals surface area contributed by atoms with Crippen molar-refractivity contribution in [3.63, 3.8) is 0 Å². The fourth-order valence-electron chi connectivity index (χ4n) is 2.36. The molecule has 0 radical (unpaired) electrons. The molecule has 0 atom stereocenters. The molecule has 26 heavy (non-hydrogen) atoms. The molecule has 1 aromatic carbocycles. The zero-order chi connectivity index (χ0) is 18.6. The minimum Gasteiger partial charge on any atom is -0.295 e. The van der Waals surface area contributed by atoms with E-state index in [1.165, 1.54) is 19.1 Å². The van der Waals surface area contributed by atoms with Gasteiger partial charge < -0.3 is 0 Å². The highest BCUT2D eigenvalue weighted by Crippen LogP contribution is 2.16. The molecule has 6 nitrogen and oxygen atoms in total. The first-order valence-electron chi connectivity index (χ1n) is 7.92. The molecule has 2 aromatic heterocycles. The number of Topliss-reactive ketones (excluding diaryl/α,β-unsaturated/α-hetero) is 1. The fourth-order valence-corrected chi connectivity index (χ4v) is 3.42. The highest BCUT2D eigenvalue weighted by Gasteiger charge is 2.15. The van der Waals surface area contributed by atoms with Crippen LogP contribution >= 0.6 is 0 Å². The predicted octanol–water partition coefficient (Wildman–Crippen LogP) is 2.82. The van der Waals surface area contributed by atoms with Gasteiger partial charge in [-0.1, -0.05) is 18.2 Å². The molecule has 0 fully saturated rings. The first kappa shape index (κ1) is 17.9. The number of carbonyl (C=O) groups excluding carboxylic acids is 1. The van der Waals surface area contributed by atoms with Gasteiger partial charge in [0.25, 0.3) is 0 Å². The Morgan fingerprint density at radius 1 is 1.08 bits per heavy atom. The van der Waals surface area contributed by atoms with E-state index in [2.05, 4.69) is 14.7 Å². The zero-order valence-electron chi connectivity index (χ0n) is 14.1.